The Bertz CT molecular complexity index is 855. The quantitative estimate of drug-likeness (QED) is 0.849. The largest absolute Gasteiger partial charge is 0.488 e. The molecule has 0 radical (unpaired) electrons. The van der Waals surface area contributed by atoms with Gasteiger partial charge in [0.05, 0.1) is 22.5 Å². The number of carboxylic acids is 1. The van der Waals surface area contributed by atoms with Gasteiger partial charge in [0.15, 0.2) is 12.0 Å². The Kier molecular flexibility index (Phi) is 2.79. The van der Waals surface area contributed by atoms with Crippen molar-refractivity contribution in [2.24, 2.45) is 0 Å². The van der Waals surface area contributed by atoms with Gasteiger partial charge in [-0.25, -0.2) is 9.18 Å². The van der Waals surface area contributed by atoms with Crippen LogP contribution in [-0.4, -0.2) is 28.5 Å². The van der Waals surface area contributed by atoms with Gasteiger partial charge in [-0.15, -0.1) is 0 Å². The van der Waals surface area contributed by atoms with Crippen LogP contribution >= 0.6 is 0 Å². The second-order valence-electron chi connectivity index (χ2n) is 4.86. The van der Waals surface area contributed by atoms with Crippen molar-refractivity contribution in [1.82, 2.24) is 4.57 Å². The minimum atomic E-state index is -1.38. The number of pyridine rings is 1. The first-order valence-corrected chi connectivity index (χ1v) is 6.18. The molecule has 21 heavy (non-hydrogen) atoms. The van der Waals surface area contributed by atoms with Crippen molar-refractivity contribution < 1.29 is 23.8 Å². The number of hydrogen-bond acceptors (Lipinski definition) is 4. The van der Waals surface area contributed by atoms with Gasteiger partial charge in [-0.1, -0.05) is 0 Å². The van der Waals surface area contributed by atoms with Gasteiger partial charge in [0.25, 0.3) is 0 Å². The second kappa shape index (κ2) is 4.41. The zero-order chi connectivity index (χ0) is 15.3. The maximum atomic E-state index is 13.9. The van der Waals surface area contributed by atoms with E-state index < -0.39 is 22.8 Å². The normalized spacial score (nSPS) is 16.6. The number of ether oxygens (including phenoxy) is 1. The van der Waals surface area contributed by atoms with Crippen LogP contribution < -0.4 is 10.2 Å². The Morgan fingerprint density at radius 3 is 2.90 bits per heavy atom. The maximum absolute atomic E-state index is 13.9. The molecule has 0 saturated carbocycles. The molecule has 0 saturated heterocycles. The van der Waals surface area contributed by atoms with Gasteiger partial charge >= 0.3 is 5.97 Å². The third-order valence-electron chi connectivity index (χ3n) is 3.55. The van der Waals surface area contributed by atoms with E-state index in [0.717, 1.165) is 6.07 Å². The average molecular weight is 291 g/mol. The number of carbonyl (C=O) groups is 2. The predicted molar refractivity (Wildman–Crippen MR) is 70.7 cm³/mol. The molecule has 0 fully saturated rings. The zero-order valence-electron chi connectivity index (χ0n) is 10.9. The molecule has 1 aliphatic heterocycles. The number of aromatic nitrogens is 1. The highest BCUT2D eigenvalue weighted by Crippen LogP contribution is 2.35. The van der Waals surface area contributed by atoms with E-state index in [1.165, 1.54) is 10.8 Å². The predicted octanol–water partition coefficient (Wildman–Crippen LogP) is 1.60. The van der Waals surface area contributed by atoms with Gasteiger partial charge in [-0.3, -0.25) is 9.59 Å². The second-order valence-corrected chi connectivity index (χ2v) is 4.86. The summed E-state index contributed by atoms with van der Waals surface area (Å²) in [5.74, 6) is -2.31. The monoisotopic (exact) mass is 291 g/mol. The molecule has 2 aromatic rings. The first-order valence-electron chi connectivity index (χ1n) is 6.18. The number of nitrogens with zero attached hydrogens (tertiary/aromatic N) is 1. The topological polar surface area (TPSA) is 85.6 Å². The van der Waals surface area contributed by atoms with E-state index in [-0.39, 0.29) is 34.9 Å². The van der Waals surface area contributed by atoms with Crippen molar-refractivity contribution in [2.75, 3.05) is 6.61 Å². The SMILES string of the molecule is C[C@H]1COc2c(C=O)c(F)cc3c(=O)c(C(=O)O)cn1c23. The molecule has 0 aliphatic carbocycles. The van der Waals surface area contributed by atoms with Gasteiger partial charge in [0, 0.05) is 6.20 Å². The van der Waals surface area contributed by atoms with Crippen LogP contribution in [0.3, 0.4) is 0 Å². The third-order valence-corrected chi connectivity index (χ3v) is 3.55. The molecule has 1 aromatic carbocycles. The van der Waals surface area contributed by atoms with Crippen molar-refractivity contribution in [3.05, 3.63) is 39.4 Å². The lowest BCUT2D eigenvalue weighted by atomic mass is 10.0. The minimum Gasteiger partial charge on any atom is -0.488 e. The summed E-state index contributed by atoms with van der Waals surface area (Å²) in [5.41, 5.74) is -1.28. The van der Waals surface area contributed by atoms with Gasteiger partial charge < -0.3 is 14.4 Å². The standard InChI is InChI=1S/C14H10FNO5/c1-6-5-21-13-9(4-17)10(15)2-7-11(13)16(6)3-8(12(7)18)14(19)20/h2-4,6H,5H2,1H3,(H,19,20)/t6-/m0/s1. The molecule has 1 aromatic heterocycles. The fourth-order valence-corrected chi connectivity index (χ4v) is 2.51. The van der Waals surface area contributed by atoms with E-state index in [0.29, 0.717) is 6.29 Å². The van der Waals surface area contributed by atoms with Crippen LogP contribution in [0.4, 0.5) is 4.39 Å². The summed E-state index contributed by atoms with van der Waals surface area (Å²) < 4.78 is 20.8. The Morgan fingerprint density at radius 2 is 2.29 bits per heavy atom. The van der Waals surface area contributed by atoms with Crippen molar-refractivity contribution in [1.29, 1.82) is 0 Å². The van der Waals surface area contributed by atoms with Crippen LogP contribution in [0.5, 0.6) is 5.75 Å². The number of aldehydes is 1. The van der Waals surface area contributed by atoms with E-state index >= 15 is 0 Å². The molecular formula is C14H10FNO5. The van der Waals surface area contributed by atoms with Gasteiger partial charge in [-0.05, 0) is 13.0 Å². The molecule has 6 nitrogen and oxygen atoms in total. The fraction of sp³-hybridized carbons (Fsp3) is 0.214. The molecule has 1 aliphatic rings. The number of halogens is 1. The van der Waals surface area contributed by atoms with Crippen LogP contribution in [0, 0.1) is 5.82 Å². The number of carbonyl (C=O) groups excluding carboxylic acids is 1. The Labute approximate surface area is 117 Å². The van der Waals surface area contributed by atoms with Crippen molar-refractivity contribution in [3.63, 3.8) is 0 Å². The molecule has 108 valence electrons. The fourth-order valence-electron chi connectivity index (χ4n) is 2.51. The number of rotatable bonds is 2. The van der Waals surface area contributed by atoms with Crippen LogP contribution in [0.15, 0.2) is 17.1 Å². The highest BCUT2D eigenvalue weighted by Gasteiger charge is 2.27. The Hall–Kier alpha value is -2.70. The summed E-state index contributed by atoms with van der Waals surface area (Å²) >= 11 is 0. The van der Waals surface area contributed by atoms with Crippen molar-refractivity contribution >= 4 is 23.2 Å². The summed E-state index contributed by atoms with van der Waals surface area (Å²) in [6.45, 7) is 1.91. The number of carboxylic acid groups (broad SMARTS) is 1. The highest BCUT2D eigenvalue weighted by atomic mass is 19.1. The molecule has 0 bridgehead atoms. The molecule has 0 amide bonds. The van der Waals surface area contributed by atoms with E-state index in [1.54, 1.807) is 6.92 Å². The van der Waals surface area contributed by atoms with Crippen molar-refractivity contribution in [3.8, 4) is 5.75 Å². The smallest absolute Gasteiger partial charge is 0.341 e. The van der Waals surface area contributed by atoms with Crippen LogP contribution in [0.2, 0.25) is 0 Å². The van der Waals surface area contributed by atoms with Crippen LogP contribution in [0.1, 0.15) is 33.7 Å². The van der Waals surface area contributed by atoms with E-state index in [1.807, 2.05) is 0 Å². The first kappa shape index (κ1) is 13.3. The Morgan fingerprint density at radius 1 is 1.57 bits per heavy atom. The van der Waals surface area contributed by atoms with Gasteiger partial charge in [0.1, 0.15) is 18.0 Å². The lowest BCUT2D eigenvalue weighted by Gasteiger charge is -2.27. The third kappa shape index (κ3) is 1.74. The minimum absolute atomic E-state index is 0.0212. The summed E-state index contributed by atoms with van der Waals surface area (Å²) in [7, 11) is 0. The van der Waals surface area contributed by atoms with Gasteiger partial charge in [0.2, 0.25) is 5.43 Å². The molecule has 0 spiro atoms. The summed E-state index contributed by atoms with van der Waals surface area (Å²) in [4.78, 5) is 34.4. The van der Waals surface area contributed by atoms with Crippen molar-refractivity contribution in [2.45, 2.75) is 13.0 Å². The lowest BCUT2D eigenvalue weighted by molar-refractivity contribution is 0.0694. The van der Waals surface area contributed by atoms with Gasteiger partial charge in [-0.2, -0.15) is 0 Å². The first-order chi connectivity index (χ1) is 9.95. The molecule has 3 rings (SSSR count). The number of benzene rings is 1. The highest BCUT2D eigenvalue weighted by molar-refractivity contribution is 5.98. The number of aromatic carboxylic acids is 1. The van der Waals surface area contributed by atoms with E-state index in [4.69, 9.17) is 9.84 Å². The number of hydrogen-bond donors (Lipinski definition) is 1. The van der Waals surface area contributed by atoms with Crippen LogP contribution in [-0.2, 0) is 0 Å². The summed E-state index contributed by atoms with van der Waals surface area (Å²) in [6.07, 6.45) is 1.52. The van der Waals surface area contributed by atoms with E-state index in [2.05, 4.69) is 0 Å². The zero-order valence-corrected chi connectivity index (χ0v) is 10.9. The van der Waals surface area contributed by atoms with Crippen LogP contribution in [0.25, 0.3) is 10.9 Å². The molecule has 0 unspecified atom stereocenters. The molecule has 2 heterocycles. The maximum Gasteiger partial charge on any atom is 0.341 e. The average Bonchev–Trinajstić information content (AvgIpc) is 2.44. The molecular weight excluding hydrogens is 281 g/mol. The lowest BCUT2D eigenvalue weighted by Crippen LogP contribution is -2.27. The molecule has 7 heteroatoms. The Balaban J connectivity index is 2.58. The molecule has 1 N–H and O–H groups in total. The summed E-state index contributed by atoms with van der Waals surface area (Å²) in [6, 6.07) is 0.638. The summed E-state index contributed by atoms with van der Waals surface area (Å²) in [5, 5.41) is 8.98. The van der Waals surface area contributed by atoms with E-state index in [9.17, 15) is 18.8 Å². The molecule has 1 atom stereocenters.